The lowest BCUT2D eigenvalue weighted by Crippen LogP contribution is -2.49. The molecule has 0 aromatic heterocycles. The zero-order valence-electron chi connectivity index (χ0n) is 20.3. The first-order chi connectivity index (χ1) is 17.8. The van der Waals surface area contributed by atoms with Crippen LogP contribution in [-0.4, -0.2) is 38.2 Å². The molecule has 0 bridgehead atoms. The topological polar surface area (TPSA) is 143 Å². The van der Waals surface area contributed by atoms with Gasteiger partial charge in [0, 0.05) is 37.1 Å². The molecule has 0 heterocycles. The summed E-state index contributed by atoms with van der Waals surface area (Å²) in [7, 11) is -3.82. The first kappa shape index (κ1) is 28.4. The average Bonchev–Trinajstić information content (AvgIpc) is 3.63. The molecule has 1 aliphatic rings. The number of nitrogens with zero attached hydrogens (tertiary/aromatic N) is 1. The zero-order valence-corrected chi connectivity index (χ0v) is 21.1. The summed E-state index contributed by atoms with van der Waals surface area (Å²) in [6.45, 7) is 3.53. The van der Waals surface area contributed by atoms with Crippen molar-refractivity contribution in [1.82, 2.24) is 10.6 Å². The van der Waals surface area contributed by atoms with Gasteiger partial charge in [-0.25, -0.2) is 8.42 Å². The molecule has 0 radical (unpaired) electrons. The third-order valence-corrected chi connectivity index (χ3v) is 6.82. The van der Waals surface area contributed by atoms with E-state index in [9.17, 15) is 31.2 Å². The second kappa shape index (κ2) is 11.1. The minimum absolute atomic E-state index is 0.0757. The summed E-state index contributed by atoms with van der Waals surface area (Å²) in [6.07, 6.45) is 0.488. The first-order valence-electron chi connectivity index (χ1n) is 11.2. The van der Waals surface area contributed by atoms with Gasteiger partial charge in [0.2, 0.25) is 5.91 Å². The van der Waals surface area contributed by atoms with E-state index in [1.807, 2.05) is 0 Å². The standard InChI is InChI=1S/C25H26F3N5O4S/c1-3-30-15-17(13-29)22(34)33-24(10-11-24)23(35)31-14-16-4-6-18(7-5-16)32-21-9-8-19(38(2,36)37)12-20(21)25(26,27)28/h3-9,12-13,15,32H,1,10-11,14,29H2,2H3,(H,31,35)(H,33,34)/b17-13+,30-15-. The minimum atomic E-state index is -4.78. The number of benzene rings is 2. The molecule has 1 aliphatic carbocycles. The summed E-state index contributed by atoms with van der Waals surface area (Å²) in [6, 6.07) is 9.02. The van der Waals surface area contributed by atoms with Gasteiger partial charge in [0.1, 0.15) is 5.54 Å². The van der Waals surface area contributed by atoms with Gasteiger partial charge in [0.05, 0.1) is 21.7 Å². The minimum Gasteiger partial charge on any atom is -0.404 e. The maximum Gasteiger partial charge on any atom is 0.418 e. The molecule has 38 heavy (non-hydrogen) atoms. The molecule has 13 heteroatoms. The Morgan fingerprint density at radius 2 is 1.82 bits per heavy atom. The van der Waals surface area contributed by atoms with Crippen molar-refractivity contribution >= 4 is 39.2 Å². The largest absolute Gasteiger partial charge is 0.418 e. The SMILES string of the molecule is C=C/N=C\C(=C/N)C(=O)NC1(C(=O)NCc2ccc(Nc3ccc(S(C)(=O)=O)cc3C(F)(F)F)cc2)CC1. The highest BCUT2D eigenvalue weighted by atomic mass is 32.2. The van der Waals surface area contributed by atoms with Crippen molar-refractivity contribution in [2.24, 2.45) is 10.7 Å². The number of amides is 2. The molecule has 2 amide bonds. The van der Waals surface area contributed by atoms with Gasteiger partial charge in [-0.3, -0.25) is 14.6 Å². The molecule has 202 valence electrons. The molecule has 5 N–H and O–H groups in total. The molecule has 1 fully saturated rings. The number of halogens is 3. The normalized spacial score (nSPS) is 15.1. The molecule has 0 atom stereocenters. The summed E-state index contributed by atoms with van der Waals surface area (Å²) >= 11 is 0. The van der Waals surface area contributed by atoms with Crippen LogP contribution in [0.5, 0.6) is 0 Å². The zero-order chi connectivity index (χ0) is 28.1. The van der Waals surface area contributed by atoms with Crippen LogP contribution in [0.2, 0.25) is 0 Å². The fraction of sp³-hybridized carbons (Fsp3) is 0.240. The van der Waals surface area contributed by atoms with Crippen LogP contribution in [0.1, 0.15) is 24.0 Å². The number of hydrogen-bond acceptors (Lipinski definition) is 7. The van der Waals surface area contributed by atoms with Crippen LogP contribution in [0.3, 0.4) is 0 Å². The van der Waals surface area contributed by atoms with E-state index in [1.54, 1.807) is 12.1 Å². The van der Waals surface area contributed by atoms with Gasteiger partial charge in [-0.1, -0.05) is 18.7 Å². The van der Waals surface area contributed by atoms with Crippen LogP contribution >= 0.6 is 0 Å². The predicted molar refractivity (Wildman–Crippen MR) is 137 cm³/mol. The number of carbonyl (C=O) groups excluding carboxylic acids is 2. The molecule has 0 saturated heterocycles. The summed E-state index contributed by atoms with van der Waals surface area (Å²) in [5, 5.41) is 8.07. The van der Waals surface area contributed by atoms with Crippen molar-refractivity contribution in [3.63, 3.8) is 0 Å². The quantitative estimate of drug-likeness (QED) is 0.265. The van der Waals surface area contributed by atoms with E-state index < -0.39 is 37.9 Å². The van der Waals surface area contributed by atoms with E-state index in [4.69, 9.17) is 5.73 Å². The van der Waals surface area contributed by atoms with Gasteiger partial charge in [-0.2, -0.15) is 13.2 Å². The number of aliphatic imine (C=N–C) groups is 1. The monoisotopic (exact) mass is 549 g/mol. The molecule has 0 unspecified atom stereocenters. The van der Waals surface area contributed by atoms with Crippen molar-refractivity contribution in [3.05, 3.63) is 78.1 Å². The smallest absolute Gasteiger partial charge is 0.404 e. The fourth-order valence-corrected chi connectivity index (χ4v) is 4.09. The van der Waals surface area contributed by atoms with E-state index in [-0.39, 0.29) is 23.7 Å². The number of anilines is 2. The highest BCUT2D eigenvalue weighted by Gasteiger charge is 2.51. The molecular formula is C25H26F3N5O4S. The molecule has 2 aromatic rings. The second-order valence-electron chi connectivity index (χ2n) is 8.60. The fourth-order valence-electron chi connectivity index (χ4n) is 3.44. The van der Waals surface area contributed by atoms with Crippen LogP contribution in [0.15, 0.2) is 76.9 Å². The van der Waals surface area contributed by atoms with Crippen molar-refractivity contribution in [3.8, 4) is 0 Å². The maximum absolute atomic E-state index is 13.5. The average molecular weight is 550 g/mol. The van der Waals surface area contributed by atoms with Crippen LogP contribution in [0, 0.1) is 0 Å². The first-order valence-corrected chi connectivity index (χ1v) is 13.1. The number of hydrogen-bond donors (Lipinski definition) is 4. The molecule has 3 rings (SSSR count). The number of nitrogens with one attached hydrogen (secondary N) is 3. The molecule has 2 aromatic carbocycles. The van der Waals surface area contributed by atoms with E-state index in [0.717, 1.165) is 24.6 Å². The van der Waals surface area contributed by atoms with Gasteiger partial charge in [-0.05, 0) is 48.7 Å². The Kier molecular flexibility index (Phi) is 8.30. The highest BCUT2D eigenvalue weighted by Crippen LogP contribution is 2.38. The number of rotatable bonds is 10. The van der Waals surface area contributed by atoms with Crippen molar-refractivity contribution in [2.75, 3.05) is 11.6 Å². The highest BCUT2D eigenvalue weighted by molar-refractivity contribution is 7.90. The van der Waals surface area contributed by atoms with Crippen molar-refractivity contribution in [1.29, 1.82) is 0 Å². The van der Waals surface area contributed by atoms with Crippen LogP contribution in [-0.2, 0) is 32.1 Å². The number of sulfone groups is 1. The van der Waals surface area contributed by atoms with Gasteiger partial charge < -0.3 is 21.7 Å². The Labute approximate surface area is 217 Å². The van der Waals surface area contributed by atoms with Crippen LogP contribution in [0.25, 0.3) is 0 Å². The van der Waals surface area contributed by atoms with Gasteiger partial charge in [0.15, 0.2) is 9.84 Å². The molecule has 0 spiro atoms. The third kappa shape index (κ3) is 7.00. The van der Waals surface area contributed by atoms with Gasteiger partial charge >= 0.3 is 6.18 Å². The number of nitrogens with two attached hydrogens (primary N) is 1. The molecule has 0 aliphatic heterocycles. The Morgan fingerprint density at radius 3 is 2.34 bits per heavy atom. The molecule has 1 saturated carbocycles. The lowest BCUT2D eigenvalue weighted by atomic mass is 10.1. The predicted octanol–water partition coefficient (Wildman–Crippen LogP) is 3.17. The Bertz CT molecular complexity index is 1400. The summed E-state index contributed by atoms with van der Waals surface area (Å²) in [5.41, 5.74) is 4.03. The van der Waals surface area contributed by atoms with E-state index in [1.165, 1.54) is 24.5 Å². The Hall–Kier alpha value is -4.13. The van der Waals surface area contributed by atoms with E-state index >= 15 is 0 Å². The Morgan fingerprint density at radius 1 is 1.16 bits per heavy atom. The molecule has 9 nitrogen and oxygen atoms in total. The Balaban J connectivity index is 1.64. The third-order valence-electron chi connectivity index (χ3n) is 5.71. The van der Waals surface area contributed by atoms with Gasteiger partial charge in [0.25, 0.3) is 5.91 Å². The summed E-state index contributed by atoms with van der Waals surface area (Å²) in [4.78, 5) is 28.4. The van der Waals surface area contributed by atoms with E-state index in [0.29, 0.717) is 30.2 Å². The second-order valence-corrected chi connectivity index (χ2v) is 10.6. The van der Waals surface area contributed by atoms with E-state index in [2.05, 4.69) is 27.5 Å². The maximum atomic E-state index is 13.5. The molecular weight excluding hydrogens is 523 g/mol. The number of carbonyl (C=O) groups is 2. The van der Waals surface area contributed by atoms with Crippen molar-refractivity contribution in [2.45, 2.75) is 36.0 Å². The van der Waals surface area contributed by atoms with Gasteiger partial charge in [-0.15, -0.1) is 0 Å². The lowest BCUT2D eigenvalue weighted by Gasteiger charge is -2.18. The summed E-state index contributed by atoms with van der Waals surface area (Å²) in [5.74, 6) is -0.935. The van der Waals surface area contributed by atoms with Crippen molar-refractivity contribution < 1.29 is 31.2 Å². The number of alkyl halides is 3. The lowest BCUT2D eigenvalue weighted by molar-refractivity contribution is -0.137. The van der Waals surface area contributed by atoms with Crippen LogP contribution < -0.4 is 21.7 Å². The van der Waals surface area contributed by atoms with Crippen LogP contribution in [0.4, 0.5) is 24.5 Å². The summed E-state index contributed by atoms with van der Waals surface area (Å²) < 4.78 is 64.0.